The number of nitrogens with zero attached hydrogens (tertiary/aromatic N) is 3. The molecule has 1 amide bonds. The van der Waals surface area contributed by atoms with Crippen molar-refractivity contribution in [1.29, 1.82) is 0 Å². The van der Waals surface area contributed by atoms with Gasteiger partial charge in [0.25, 0.3) is 5.91 Å². The van der Waals surface area contributed by atoms with Crippen molar-refractivity contribution in [3.63, 3.8) is 0 Å². The molecule has 1 saturated carbocycles. The quantitative estimate of drug-likeness (QED) is 0.846. The first kappa shape index (κ1) is 16.8. The van der Waals surface area contributed by atoms with Crippen molar-refractivity contribution in [2.45, 2.75) is 62.9 Å². The summed E-state index contributed by atoms with van der Waals surface area (Å²) < 4.78 is 0. The van der Waals surface area contributed by atoms with Gasteiger partial charge in [0, 0.05) is 25.7 Å². The van der Waals surface area contributed by atoms with E-state index in [1.165, 1.54) is 31.2 Å². The van der Waals surface area contributed by atoms with Gasteiger partial charge in [0.15, 0.2) is 0 Å². The van der Waals surface area contributed by atoms with Crippen LogP contribution in [0.15, 0.2) is 35.3 Å². The van der Waals surface area contributed by atoms with Crippen LogP contribution in [0, 0.1) is 0 Å². The van der Waals surface area contributed by atoms with Gasteiger partial charge in [-0.05, 0) is 44.1 Å². The molecule has 2 atom stereocenters. The van der Waals surface area contributed by atoms with Crippen LogP contribution in [-0.2, 0) is 4.79 Å². The molecule has 3 aliphatic rings. The van der Waals surface area contributed by atoms with Crippen molar-refractivity contribution in [2.75, 3.05) is 19.6 Å². The maximum absolute atomic E-state index is 12.4. The number of benzene rings is 1. The van der Waals surface area contributed by atoms with Crippen LogP contribution < -0.4 is 0 Å². The summed E-state index contributed by atoms with van der Waals surface area (Å²) in [6.07, 6.45) is 8.84. The van der Waals surface area contributed by atoms with Gasteiger partial charge in [0.1, 0.15) is 5.54 Å². The number of piperidine rings is 1. The summed E-state index contributed by atoms with van der Waals surface area (Å²) in [5.41, 5.74) is 1.14. The molecule has 0 unspecified atom stereocenters. The Morgan fingerprint density at radius 1 is 1.12 bits per heavy atom. The van der Waals surface area contributed by atoms with E-state index in [1.54, 1.807) is 6.34 Å². The van der Waals surface area contributed by atoms with Gasteiger partial charge in [-0.1, -0.05) is 43.2 Å². The van der Waals surface area contributed by atoms with Crippen molar-refractivity contribution >= 4 is 12.2 Å². The summed E-state index contributed by atoms with van der Waals surface area (Å²) in [5.74, 6) is 0.721. The lowest BCUT2D eigenvalue weighted by atomic mass is 9.77. The van der Waals surface area contributed by atoms with Crippen molar-refractivity contribution in [3.05, 3.63) is 35.9 Å². The Kier molecular flexibility index (Phi) is 4.63. The molecule has 0 bridgehead atoms. The van der Waals surface area contributed by atoms with Crippen LogP contribution >= 0.6 is 0 Å². The second-order valence-corrected chi connectivity index (χ2v) is 7.77. The molecule has 1 saturated heterocycles. The summed E-state index contributed by atoms with van der Waals surface area (Å²) in [5, 5.41) is 0. The van der Waals surface area contributed by atoms with E-state index in [1.807, 2.05) is 0 Å². The van der Waals surface area contributed by atoms with E-state index in [9.17, 15) is 4.79 Å². The van der Waals surface area contributed by atoms with Crippen LogP contribution in [0.5, 0.6) is 0 Å². The molecule has 4 heteroatoms. The highest BCUT2D eigenvalue weighted by molar-refractivity contribution is 5.98. The van der Waals surface area contributed by atoms with E-state index in [4.69, 9.17) is 0 Å². The lowest BCUT2D eigenvalue weighted by Gasteiger charge is -2.48. The van der Waals surface area contributed by atoms with Crippen LogP contribution in [0.2, 0.25) is 0 Å². The number of aliphatic imine (C=N–C) groups is 1. The molecule has 1 aromatic rings. The van der Waals surface area contributed by atoms with Crippen molar-refractivity contribution in [1.82, 2.24) is 9.80 Å². The molecule has 4 nitrogen and oxygen atoms in total. The molecule has 0 aromatic heterocycles. The Bertz CT molecular complexity index is 634. The fourth-order valence-electron chi connectivity index (χ4n) is 5.22. The highest BCUT2D eigenvalue weighted by atomic mass is 16.2. The molecule has 25 heavy (non-hydrogen) atoms. The largest absolute Gasteiger partial charge is 0.348 e. The van der Waals surface area contributed by atoms with Gasteiger partial charge in [0.2, 0.25) is 0 Å². The van der Waals surface area contributed by atoms with Crippen LogP contribution in [-0.4, -0.2) is 53.3 Å². The Morgan fingerprint density at radius 3 is 2.56 bits per heavy atom. The monoisotopic (exact) mass is 339 g/mol. The minimum atomic E-state index is -0.345. The van der Waals surface area contributed by atoms with Gasteiger partial charge >= 0.3 is 0 Å². The standard InChI is InChI=1S/C21H29N3O/c1-2-24-16-22-20(25)21(24)12-14-23(15-13-21)19-11-7-6-10-18(19)17-8-4-3-5-9-17/h3-5,8-9,16,18-19H,2,6-7,10-15H2,1H3/t18-,19-/m1/s1. The number of likely N-dealkylation sites (tertiary alicyclic amines) is 1. The van der Waals surface area contributed by atoms with Gasteiger partial charge in [-0.2, -0.15) is 0 Å². The molecular formula is C21H29N3O. The van der Waals surface area contributed by atoms with Crippen LogP contribution in [0.25, 0.3) is 0 Å². The zero-order valence-corrected chi connectivity index (χ0v) is 15.2. The van der Waals surface area contributed by atoms with Crippen molar-refractivity contribution in [3.8, 4) is 0 Å². The Morgan fingerprint density at radius 2 is 1.84 bits per heavy atom. The second kappa shape index (κ2) is 6.91. The number of hydrogen-bond acceptors (Lipinski definition) is 3. The Labute approximate surface area is 150 Å². The number of carbonyl (C=O) groups excluding carboxylic acids is 1. The molecule has 2 fully saturated rings. The van der Waals surface area contributed by atoms with Gasteiger partial charge in [-0.25, -0.2) is 4.99 Å². The predicted molar refractivity (Wildman–Crippen MR) is 101 cm³/mol. The molecule has 2 aliphatic heterocycles. The lowest BCUT2D eigenvalue weighted by Crippen LogP contribution is -2.58. The molecule has 1 spiro atoms. The van der Waals surface area contributed by atoms with Crippen molar-refractivity contribution < 1.29 is 4.79 Å². The van der Waals surface area contributed by atoms with Crippen molar-refractivity contribution in [2.24, 2.45) is 4.99 Å². The Hall–Kier alpha value is -1.68. The Balaban J connectivity index is 1.48. The third kappa shape index (κ3) is 2.91. The third-order valence-electron chi connectivity index (χ3n) is 6.65. The summed E-state index contributed by atoms with van der Waals surface area (Å²) in [6, 6.07) is 11.7. The van der Waals surface area contributed by atoms with Gasteiger partial charge in [0.05, 0.1) is 6.34 Å². The molecule has 4 rings (SSSR count). The summed E-state index contributed by atoms with van der Waals surface area (Å²) in [7, 11) is 0. The molecule has 134 valence electrons. The van der Waals surface area contributed by atoms with Gasteiger partial charge in [-0.15, -0.1) is 0 Å². The average molecular weight is 339 g/mol. The molecular weight excluding hydrogens is 310 g/mol. The van der Waals surface area contributed by atoms with E-state index >= 15 is 0 Å². The molecule has 0 N–H and O–H groups in total. The van der Waals surface area contributed by atoms with Crippen LogP contribution in [0.1, 0.15) is 56.9 Å². The van der Waals surface area contributed by atoms with E-state index in [2.05, 4.69) is 52.0 Å². The summed E-state index contributed by atoms with van der Waals surface area (Å²) in [4.78, 5) is 21.4. The van der Waals surface area contributed by atoms with E-state index in [0.717, 1.165) is 32.5 Å². The highest BCUT2D eigenvalue weighted by Crippen LogP contribution is 2.40. The van der Waals surface area contributed by atoms with E-state index in [0.29, 0.717) is 12.0 Å². The van der Waals surface area contributed by atoms with Crippen LogP contribution in [0.3, 0.4) is 0 Å². The predicted octanol–water partition coefficient (Wildman–Crippen LogP) is 3.44. The maximum atomic E-state index is 12.4. The van der Waals surface area contributed by atoms with Gasteiger partial charge < -0.3 is 4.90 Å². The molecule has 2 heterocycles. The minimum Gasteiger partial charge on any atom is -0.348 e. The fraction of sp³-hybridized carbons (Fsp3) is 0.619. The first-order valence-corrected chi connectivity index (χ1v) is 9.89. The first-order chi connectivity index (χ1) is 12.2. The molecule has 1 aromatic carbocycles. The second-order valence-electron chi connectivity index (χ2n) is 7.77. The first-order valence-electron chi connectivity index (χ1n) is 9.89. The third-order valence-corrected chi connectivity index (χ3v) is 6.65. The highest BCUT2D eigenvalue weighted by Gasteiger charge is 2.49. The zero-order valence-electron chi connectivity index (χ0n) is 15.2. The minimum absolute atomic E-state index is 0.0808. The number of hydrogen-bond donors (Lipinski definition) is 0. The van der Waals surface area contributed by atoms with E-state index < -0.39 is 0 Å². The summed E-state index contributed by atoms with van der Waals surface area (Å²) in [6.45, 7) is 5.01. The topological polar surface area (TPSA) is 35.9 Å². The number of carbonyl (C=O) groups is 1. The van der Waals surface area contributed by atoms with E-state index in [-0.39, 0.29) is 11.4 Å². The SMILES string of the molecule is CCN1C=NC(=O)C12CCN([C@@H]1CCCC[C@@H]1c1ccccc1)CC2. The zero-order chi connectivity index (χ0) is 17.3. The number of amides is 1. The molecule has 0 radical (unpaired) electrons. The maximum Gasteiger partial charge on any atom is 0.273 e. The smallest absolute Gasteiger partial charge is 0.273 e. The summed E-state index contributed by atoms with van der Waals surface area (Å²) >= 11 is 0. The van der Waals surface area contributed by atoms with Gasteiger partial charge in [-0.3, -0.25) is 9.69 Å². The molecule has 1 aliphatic carbocycles. The fourth-order valence-corrected chi connectivity index (χ4v) is 5.22. The normalized spacial score (nSPS) is 29.5. The number of likely N-dealkylation sites (N-methyl/N-ethyl adjacent to an activating group) is 1. The average Bonchev–Trinajstić information content (AvgIpc) is 2.98. The van der Waals surface area contributed by atoms with Crippen LogP contribution in [0.4, 0.5) is 0 Å². The lowest BCUT2D eigenvalue weighted by molar-refractivity contribution is -0.128. The number of rotatable bonds is 3.